The van der Waals surface area contributed by atoms with Crippen molar-refractivity contribution in [2.45, 2.75) is 31.2 Å². The minimum absolute atomic E-state index is 0.343. The summed E-state index contributed by atoms with van der Waals surface area (Å²) >= 11 is 0. The zero-order chi connectivity index (χ0) is 16.5. The molecule has 1 aliphatic heterocycles. The molecule has 0 unspecified atom stereocenters. The molecule has 0 bridgehead atoms. The summed E-state index contributed by atoms with van der Waals surface area (Å²) in [6, 6.07) is 6.90. The second-order valence-corrected chi connectivity index (χ2v) is 6.02. The van der Waals surface area contributed by atoms with Gasteiger partial charge in [-0.05, 0) is 36.6 Å². The standard InChI is InChI=1S/C17H18F3NO2/c18-17(19,20)15-3-1-2-14(10-15)16(22)5-7-21(8-6-16)11-13-4-9-23-12-13/h1-4,9-10,12,22H,5-8,11H2. The maximum Gasteiger partial charge on any atom is 0.416 e. The molecule has 0 radical (unpaired) electrons. The largest absolute Gasteiger partial charge is 0.472 e. The first kappa shape index (κ1) is 16.1. The van der Waals surface area contributed by atoms with Gasteiger partial charge in [-0.15, -0.1) is 0 Å². The van der Waals surface area contributed by atoms with Gasteiger partial charge in [0.15, 0.2) is 0 Å². The van der Waals surface area contributed by atoms with Crippen LogP contribution < -0.4 is 0 Å². The number of aliphatic hydroxyl groups is 1. The third-order valence-electron chi connectivity index (χ3n) is 4.40. The first-order valence-electron chi connectivity index (χ1n) is 7.50. The quantitative estimate of drug-likeness (QED) is 0.933. The van der Waals surface area contributed by atoms with E-state index in [1.165, 1.54) is 6.07 Å². The number of benzene rings is 1. The number of hydrogen-bond acceptors (Lipinski definition) is 3. The number of rotatable bonds is 3. The molecule has 1 aromatic carbocycles. The minimum atomic E-state index is -4.39. The van der Waals surface area contributed by atoms with Gasteiger partial charge < -0.3 is 9.52 Å². The van der Waals surface area contributed by atoms with E-state index in [1.807, 2.05) is 6.07 Å². The number of hydrogen-bond donors (Lipinski definition) is 1. The number of likely N-dealkylation sites (tertiary alicyclic amines) is 1. The van der Waals surface area contributed by atoms with Crippen molar-refractivity contribution in [2.24, 2.45) is 0 Å². The van der Waals surface area contributed by atoms with E-state index < -0.39 is 17.3 Å². The van der Waals surface area contributed by atoms with Gasteiger partial charge in [-0.25, -0.2) is 0 Å². The third kappa shape index (κ3) is 3.59. The summed E-state index contributed by atoms with van der Waals surface area (Å²) in [7, 11) is 0. The Kier molecular flexibility index (Phi) is 4.21. The predicted octanol–water partition coefficient (Wildman–Crippen LogP) is 3.78. The van der Waals surface area contributed by atoms with Gasteiger partial charge in [0.25, 0.3) is 0 Å². The van der Waals surface area contributed by atoms with Gasteiger partial charge in [-0.1, -0.05) is 12.1 Å². The molecule has 1 N–H and O–H groups in total. The van der Waals surface area contributed by atoms with Crippen molar-refractivity contribution in [3.63, 3.8) is 0 Å². The highest BCUT2D eigenvalue weighted by Gasteiger charge is 2.37. The predicted molar refractivity (Wildman–Crippen MR) is 78.6 cm³/mol. The minimum Gasteiger partial charge on any atom is -0.472 e. The lowest BCUT2D eigenvalue weighted by Gasteiger charge is -2.38. The lowest BCUT2D eigenvalue weighted by atomic mass is 9.83. The highest BCUT2D eigenvalue weighted by atomic mass is 19.4. The Labute approximate surface area is 132 Å². The second kappa shape index (κ2) is 6.02. The molecule has 1 saturated heterocycles. The van der Waals surface area contributed by atoms with E-state index in [0.717, 1.165) is 24.2 Å². The van der Waals surface area contributed by atoms with Crippen LogP contribution in [0.2, 0.25) is 0 Å². The van der Waals surface area contributed by atoms with Crippen molar-refractivity contribution in [3.05, 3.63) is 59.5 Å². The molecule has 2 aromatic rings. The molecular weight excluding hydrogens is 307 g/mol. The summed E-state index contributed by atoms with van der Waals surface area (Å²) < 4.78 is 43.5. The Morgan fingerprint density at radius 2 is 1.91 bits per heavy atom. The van der Waals surface area contributed by atoms with Gasteiger partial charge in [-0.2, -0.15) is 13.2 Å². The fraction of sp³-hybridized carbons (Fsp3) is 0.412. The van der Waals surface area contributed by atoms with Crippen molar-refractivity contribution in [3.8, 4) is 0 Å². The molecule has 1 aliphatic rings. The highest BCUT2D eigenvalue weighted by Crippen LogP contribution is 2.36. The molecule has 2 heterocycles. The second-order valence-electron chi connectivity index (χ2n) is 6.02. The van der Waals surface area contributed by atoms with E-state index >= 15 is 0 Å². The Balaban J connectivity index is 1.69. The Bertz CT molecular complexity index is 644. The molecule has 0 saturated carbocycles. The molecule has 0 atom stereocenters. The molecule has 1 fully saturated rings. The maximum atomic E-state index is 12.8. The molecule has 124 valence electrons. The zero-order valence-corrected chi connectivity index (χ0v) is 12.5. The van der Waals surface area contributed by atoms with E-state index in [9.17, 15) is 18.3 Å². The fourth-order valence-corrected chi connectivity index (χ4v) is 3.00. The Hall–Kier alpha value is -1.79. The normalized spacial score (nSPS) is 19.0. The van der Waals surface area contributed by atoms with Crippen molar-refractivity contribution < 1.29 is 22.7 Å². The summed E-state index contributed by atoms with van der Waals surface area (Å²) in [6.45, 7) is 1.96. The fourth-order valence-electron chi connectivity index (χ4n) is 3.00. The number of furan rings is 1. The highest BCUT2D eigenvalue weighted by molar-refractivity contribution is 5.30. The van der Waals surface area contributed by atoms with Crippen molar-refractivity contribution >= 4 is 0 Å². The summed E-state index contributed by atoms with van der Waals surface area (Å²) in [5.41, 5.74) is -0.525. The Morgan fingerprint density at radius 3 is 2.52 bits per heavy atom. The van der Waals surface area contributed by atoms with E-state index in [1.54, 1.807) is 18.6 Å². The van der Waals surface area contributed by atoms with Crippen LogP contribution in [0, 0.1) is 0 Å². The van der Waals surface area contributed by atoms with Crippen molar-refractivity contribution in [1.82, 2.24) is 4.90 Å². The van der Waals surface area contributed by atoms with Gasteiger partial charge in [0, 0.05) is 25.2 Å². The average Bonchev–Trinajstić information content (AvgIpc) is 3.02. The van der Waals surface area contributed by atoms with Crippen LogP contribution in [0.1, 0.15) is 29.5 Å². The van der Waals surface area contributed by atoms with E-state index in [-0.39, 0.29) is 0 Å². The van der Waals surface area contributed by atoms with Gasteiger partial charge in [0.2, 0.25) is 0 Å². The van der Waals surface area contributed by atoms with Crippen LogP contribution in [0.3, 0.4) is 0 Å². The lowest BCUT2D eigenvalue weighted by Crippen LogP contribution is -2.42. The van der Waals surface area contributed by atoms with Crippen LogP contribution in [0.5, 0.6) is 0 Å². The molecule has 23 heavy (non-hydrogen) atoms. The van der Waals surface area contributed by atoms with Gasteiger partial charge >= 0.3 is 6.18 Å². The number of alkyl halides is 3. The molecule has 0 spiro atoms. The first-order valence-corrected chi connectivity index (χ1v) is 7.50. The first-order chi connectivity index (χ1) is 10.9. The average molecular weight is 325 g/mol. The molecule has 3 nitrogen and oxygen atoms in total. The summed E-state index contributed by atoms with van der Waals surface area (Å²) in [6.07, 6.45) is -0.293. The SMILES string of the molecule is OC1(c2cccc(C(F)(F)F)c2)CCN(Cc2ccoc2)CC1. The Morgan fingerprint density at radius 1 is 1.17 bits per heavy atom. The van der Waals surface area contributed by atoms with E-state index in [4.69, 9.17) is 4.42 Å². The smallest absolute Gasteiger partial charge is 0.416 e. The summed E-state index contributed by atoms with van der Waals surface area (Å²) in [5, 5.41) is 10.8. The number of piperidine rings is 1. The van der Waals surface area contributed by atoms with E-state index in [2.05, 4.69) is 4.90 Å². The molecule has 0 aliphatic carbocycles. The van der Waals surface area contributed by atoms with Crippen LogP contribution >= 0.6 is 0 Å². The summed E-state index contributed by atoms with van der Waals surface area (Å²) in [5.74, 6) is 0. The third-order valence-corrected chi connectivity index (χ3v) is 4.40. The number of nitrogens with zero attached hydrogens (tertiary/aromatic N) is 1. The monoisotopic (exact) mass is 325 g/mol. The van der Waals surface area contributed by atoms with Gasteiger partial charge in [0.1, 0.15) is 0 Å². The molecular formula is C17H18F3NO2. The van der Waals surface area contributed by atoms with Crippen LogP contribution in [0.25, 0.3) is 0 Å². The van der Waals surface area contributed by atoms with E-state index in [0.29, 0.717) is 31.5 Å². The van der Waals surface area contributed by atoms with Gasteiger partial charge in [-0.3, -0.25) is 4.90 Å². The topological polar surface area (TPSA) is 36.6 Å². The van der Waals surface area contributed by atoms with Crippen molar-refractivity contribution in [2.75, 3.05) is 13.1 Å². The molecule has 6 heteroatoms. The maximum absolute atomic E-state index is 12.8. The lowest BCUT2D eigenvalue weighted by molar-refractivity contribution is -0.137. The van der Waals surface area contributed by atoms with Crippen LogP contribution in [0.15, 0.2) is 47.3 Å². The zero-order valence-electron chi connectivity index (χ0n) is 12.5. The van der Waals surface area contributed by atoms with Crippen LogP contribution in [-0.4, -0.2) is 23.1 Å². The molecule has 1 aromatic heterocycles. The molecule has 3 rings (SSSR count). The van der Waals surface area contributed by atoms with Crippen molar-refractivity contribution in [1.29, 1.82) is 0 Å². The number of halogens is 3. The molecule has 0 amide bonds. The van der Waals surface area contributed by atoms with Gasteiger partial charge in [0.05, 0.1) is 23.7 Å². The van der Waals surface area contributed by atoms with Crippen LogP contribution in [-0.2, 0) is 18.3 Å². The van der Waals surface area contributed by atoms with Crippen LogP contribution in [0.4, 0.5) is 13.2 Å². The summed E-state index contributed by atoms with van der Waals surface area (Å²) in [4.78, 5) is 2.16.